The SMILES string of the molecule is CC(C)(C)NCc1ccc2c(c1)OCCC2NC(=O)CC(NS(=O)(=O)c1cccc(C(F)(F)F)c1)c1cc(Cl)cc(Cl)c1. The number of sulfonamides is 1. The van der Waals surface area contributed by atoms with E-state index in [-0.39, 0.29) is 27.6 Å². The molecule has 0 saturated heterocycles. The third-order valence-electron chi connectivity index (χ3n) is 6.72. The maximum Gasteiger partial charge on any atom is 0.416 e. The molecule has 13 heteroatoms. The summed E-state index contributed by atoms with van der Waals surface area (Å²) in [4.78, 5) is 12.7. The highest BCUT2D eigenvalue weighted by Gasteiger charge is 2.33. The molecule has 1 aliphatic rings. The number of nitrogens with one attached hydrogen (secondary N) is 3. The fourth-order valence-corrected chi connectivity index (χ4v) is 6.41. The van der Waals surface area contributed by atoms with Gasteiger partial charge in [0.1, 0.15) is 5.75 Å². The highest BCUT2D eigenvalue weighted by atomic mass is 35.5. The Morgan fingerprint density at radius 3 is 2.37 bits per heavy atom. The van der Waals surface area contributed by atoms with Gasteiger partial charge in [-0.05, 0) is 74.4 Å². The zero-order valence-electron chi connectivity index (χ0n) is 23.7. The standard InChI is InChI=1S/C30H32Cl2F3N3O4S/c1-29(2,3)36-17-18-7-8-24-25(9-10-42-27(24)11-18)37-28(39)16-26(19-12-21(31)15-22(32)13-19)38-43(40,41)23-6-4-5-20(14-23)30(33,34)35/h4-8,11-15,25-26,36,38H,9-10,16-17H2,1-3H3,(H,37,39). The van der Waals surface area contributed by atoms with Gasteiger partial charge in [0.2, 0.25) is 15.9 Å². The molecular formula is C30H32Cl2F3N3O4S. The molecule has 7 nitrogen and oxygen atoms in total. The first-order valence-corrected chi connectivity index (χ1v) is 15.7. The van der Waals surface area contributed by atoms with E-state index in [2.05, 4.69) is 36.1 Å². The van der Waals surface area contributed by atoms with Crippen LogP contribution in [0.1, 0.15) is 68.0 Å². The first kappa shape index (κ1) is 33.1. The summed E-state index contributed by atoms with van der Waals surface area (Å²) < 4.78 is 74.5. The van der Waals surface area contributed by atoms with Crippen LogP contribution in [-0.2, 0) is 27.5 Å². The number of carbonyl (C=O) groups is 1. The molecule has 1 heterocycles. The maximum absolute atomic E-state index is 13.4. The fraction of sp³-hybridized carbons (Fsp3) is 0.367. The number of hydrogen-bond acceptors (Lipinski definition) is 5. The molecule has 2 unspecified atom stereocenters. The Labute approximate surface area is 259 Å². The van der Waals surface area contributed by atoms with Gasteiger partial charge in [0.15, 0.2) is 0 Å². The van der Waals surface area contributed by atoms with Gasteiger partial charge < -0.3 is 15.4 Å². The van der Waals surface area contributed by atoms with Crippen LogP contribution in [0.2, 0.25) is 10.0 Å². The van der Waals surface area contributed by atoms with Crippen molar-refractivity contribution in [1.82, 2.24) is 15.4 Å². The first-order chi connectivity index (χ1) is 20.0. The number of alkyl halides is 3. The van der Waals surface area contributed by atoms with Gasteiger partial charge in [-0.1, -0.05) is 41.4 Å². The largest absolute Gasteiger partial charge is 0.493 e. The summed E-state index contributed by atoms with van der Waals surface area (Å²) in [6.07, 6.45) is -4.63. The Balaban J connectivity index is 1.56. The molecule has 0 aliphatic carbocycles. The minimum absolute atomic E-state index is 0.0698. The van der Waals surface area contributed by atoms with E-state index in [0.29, 0.717) is 31.4 Å². The smallest absolute Gasteiger partial charge is 0.416 e. The summed E-state index contributed by atoms with van der Waals surface area (Å²) in [5, 5.41) is 6.76. The van der Waals surface area contributed by atoms with Crippen molar-refractivity contribution >= 4 is 39.1 Å². The van der Waals surface area contributed by atoms with Gasteiger partial charge in [0.25, 0.3) is 0 Å². The molecule has 3 aromatic carbocycles. The number of fused-ring (bicyclic) bond motifs is 1. The number of amides is 1. The predicted molar refractivity (Wildman–Crippen MR) is 160 cm³/mol. The van der Waals surface area contributed by atoms with Gasteiger partial charge in [0, 0.05) is 40.5 Å². The number of benzene rings is 3. The van der Waals surface area contributed by atoms with Crippen molar-refractivity contribution < 1.29 is 31.1 Å². The summed E-state index contributed by atoms with van der Waals surface area (Å²) in [6.45, 7) is 7.20. The van der Waals surface area contributed by atoms with Gasteiger partial charge in [-0.2, -0.15) is 13.2 Å². The molecular weight excluding hydrogens is 626 g/mol. The monoisotopic (exact) mass is 657 g/mol. The van der Waals surface area contributed by atoms with E-state index in [4.69, 9.17) is 27.9 Å². The summed E-state index contributed by atoms with van der Waals surface area (Å²) >= 11 is 12.3. The Morgan fingerprint density at radius 1 is 1.02 bits per heavy atom. The van der Waals surface area contributed by atoms with E-state index in [1.54, 1.807) is 0 Å². The van der Waals surface area contributed by atoms with Crippen molar-refractivity contribution in [3.05, 3.63) is 93.0 Å². The Morgan fingerprint density at radius 2 is 1.72 bits per heavy atom. The zero-order chi connectivity index (χ0) is 31.6. The van der Waals surface area contributed by atoms with Crippen LogP contribution < -0.4 is 20.1 Å². The summed E-state index contributed by atoms with van der Waals surface area (Å²) in [5.74, 6) is 0.150. The number of carbonyl (C=O) groups excluding carboxylic acids is 1. The third-order valence-corrected chi connectivity index (χ3v) is 8.63. The van der Waals surface area contributed by atoms with Crippen LogP contribution in [-0.4, -0.2) is 26.5 Å². The van der Waals surface area contributed by atoms with Crippen molar-refractivity contribution in [2.24, 2.45) is 0 Å². The quantitative estimate of drug-likeness (QED) is 0.231. The van der Waals surface area contributed by atoms with Crippen LogP contribution in [0.3, 0.4) is 0 Å². The minimum Gasteiger partial charge on any atom is -0.493 e. The molecule has 1 aliphatic heterocycles. The topological polar surface area (TPSA) is 96.5 Å². The molecule has 1 amide bonds. The van der Waals surface area contributed by atoms with Crippen LogP contribution in [0, 0.1) is 0 Å². The van der Waals surface area contributed by atoms with Gasteiger partial charge in [-0.3, -0.25) is 4.79 Å². The molecule has 2 atom stereocenters. The maximum atomic E-state index is 13.4. The molecule has 0 saturated carbocycles. The minimum atomic E-state index is -4.74. The Bertz CT molecular complexity index is 1570. The third kappa shape index (κ3) is 9.09. The second kappa shape index (κ2) is 13.0. The molecule has 0 fully saturated rings. The van der Waals surface area contributed by atoms with E-state index in [0.717, 1.165) is 29.3 Å². The molecule has 0 aromatic heterocycles. The molecule has 3 N–H and O–H groups in total. The molecule has 43 heavy (non-hydrogen) atoms. The Hall–Kier alpha value is -2.83. The predicted octanol–water partition coefficient (Wildman–Crippen LogP) is 6.95. The highest BCUT2D eigenvalue weighted by Crippen LogP contribution is 2.34. The molecule has 4 rings (SSSR count). The molecule has 232 valence electrons. The average Bonchev–Trinajstić information content (AvgIpc) is 2.90. The van der Waals surface area contributed by atoms with E-state index >= 15 is 0 Å². The van der Waals surface area contributed by atoms with Crippen LogP contribution in [0.25, 0.3) is 0 Å². The second-order valence-corrected chi connectivity index (χ2v) is 13.9. The van der Waals surface area contributed by atoms with Crippen molar-refractivity contribution in [3.63, 3.8) is 0 Å². The van der Waals surface area contributed by atoms with Crippen LogP contribution in [0.15, 0.2) is 65.6 Å². The van der Waals surface area contributed by atoms with Crippen molar-refractivity contribution in [1.29, 1.82) is 0 Å². The second-order valence-electron chi connectivity index (χ2n) is 11.3. The number of halogens is 5. The molecule has 0 bridgehead atoms. The lowest BCUT2D eigenvalue weighted by Crippen LogP contribution is -2.37. The zero-order valence-corrected chi connectivity index (χ0v) is 26.0. The Kier molecular flexibility index (Phi) is 10.0. The first-order valence-electron chi connectivity index (χ1n) is 13.5. The van der Waals surface area contributed by atoms with Crippen LogP contribution in [0.5, 0.6) is 5.75 Å². The van der Waals surface area contributed by atoms with Crippen molar-refractivity contribution in [3.8, 4) is 5.75 Å². The van der Waals surface area contributed by atoms with Gasteiger partial charge in [0.05, 0.1) is 29.1 Å². The summed E-state index contributed by atoms with van der Waals surface area (Å²) in [6, 6.07) is 11.9. The molecule has 0 spiro atoms. The van der Waals surface area contributed by atoms with E-state index < -0.39 is 44.6 Å². The highest BCUT2D eigenvalue weighted by molar-refractivity contribution is 7.89. The van der Waals surface area contributed by atoms with Gasteiger partial charge >= 0.3 is 6.18 Å². The average molecular weight is 659 g/mol. The number of ether oxygens (including phenoxy) is 1. The fourth-order valence-electron chi connectivity index (χ4n) is 4.60. The van der Waals surface area contributed by atoms with E-state index in [1.807, 2.05) is 18.2 Å². The van der Waals surface area contributed by atoms with E-state index in [9.17, 15) is 26.4 Å². The van der Waals surface area contributed by atoms with Crippen molar-refractivity contribution in [2.45, 2.75) is 68.9 Å². The van der Waals surface area contributed by atoms with Gasteiger partial charge in [-0.15, -0.1) is 0 Å². The molecule has 3 aromatic rings. The lowest BCUT2D eigenvalue weighted by Gasteiger charge is -2.28. The van der Waals surface area contributed by atoms with Gasteiger partial charge in [-0.25, -0.2) is 13.1 Å². The lowest BCUT2D eigenvalue weighted by atomic mass is 9.97. The van der Waals surface area contributed by atoms with E-state index in [1.165, 1.54) is 18.2 Å². The van der Waals surface area contributed by atoms with Crippen LogP contribution >= 0.6 is 23.2 Å². The van der Waals surface area contributed by atoms with Crippen molar-refractivity contribution in [2.75, 3.05) is 6.61 Å². The molecule has 0 radical (unpaired) electrons. The summed E-state index contributed by atoms with van der Waals surface area (Å²) in [7, 11) is -4.51. The lowest BCUT2D eigenvalue weighted by molar-refractivity contribution is -0.137. The summed E-state index contributed by atoms with van der Waals surface area (Å²) in [5.41, 5.74) is 0.880. The number of rotatable bonds is 9. The number of hydrogen-bond donors (Lipinski definition) is 3. The van der Waals surface area contributed by atoms with Crippen LogP contribution in [0.4, 0.5) is 13.2 Å². The normalized spacial score (nSPS) is 16.2.